The minimum absolute atomic E-state index is 0.213. The van der Waals surface area contributed by atoms with E-state index in [2.05, 4.69) is 20.5 Å². The molecule has 0 fully saturated rings. The molecule has 0 saturated heterocycles. The predicted molar refractivity (Wildman–Crippen MR) is 114 cm³/mol. The number of nitrogens with zero attached hydrogens (tertiary/aromatic N) is 2. The largest absolute Gasteiger partial charge is 0.465 e. The molecule has 30 heavy (non-hydrogen) atoms. The summed E-state index contributed by atoms with van der Waals surface area (Å²) in [6.45, 7) is 4.08. The van der Waals surface area contributed by atoms with Crippen molar-refractivity contribution in [2.24, 2.45) is 0 Å². The van der Waals surface area contributed by atoms with Gasteiger partial charge in [0.25, 0.3) is 0 Å². The number of hydrogen-bond donors (Lipinski definition) is 2. The lowest BCUT2D eigenvalue weighted by Crippen LogP contribution is -2.39. The van der Waals surface area contributed by atoms with Crippen LogP contribution in [0, 0.1) is 13.8 Å². The van der Waals surface area contributed by atoms with Crippen molar-refractivity contribution in [1.82, 2.24) is 15.1 Å². The van der Waals surface area contributed by atoms with Crippen LogP contribution in [0.4, 0.5) is 5.69 Å². The molecule has 2 N–H and O–H groups in total. The Hall–Kier alpha value is -3.46. The number of rotatable bonds is 6. The van der Waals surface area contributed by atoms with Gasteiger partial charge in [-0.2, -0.15) is 5.10 Å². The minimum atomic E-state index is -0.792. The first-order chi connectivity index (χ1) is 14.4. The summed E-state index contributed by atoms with van der Waals surface area (Å²) in [5.74, 6) is -2.02. The van der Waals surface area contributed by atoms with E-state index in [-0.39, 0.29) is 12.6 Å². The van der Waals surface area contributed by atoms with Crippen LogP contribution < -0.4 is 10.6 Å². The van der Waals surface area contributed by atoms with Crippen molar-refractivity contribution < 1.29 is 19.1 Å². The first-order valence-corrected chi connectivity index (χ1v) is 10.1. The molecule has 2 amide bonds. The third-order valence-electron chi connectivity index (χ3n) is 4.44. The van der Waals surface area contributed by atoms with Gasteiger partial charge >= 0.3 is 17.8 Å². The number of esters is 1. The van der Waals surface area contributed by atoms with Gasteiger partial charge < -0.3 is 15.4 Å². The maximum absolute atomic E-state index is 12.3. The summed E-state index contributed by atoms with van der Waals surface area (Å²) in [6.07, 6.45) is 0. The van der Waals surface area contributed by atoms with Crippen molar-refractivity contribution in [3.63, 3.8) is 0 Å². The lowest BCUT2D eigenvalue weighted by Gasteiger charge is -2.18. The Kier molecular flexibility index (Phi) is 6.63. The topological polar surface area (TPSA) is 102 Å². The summed E-state index contributed by atoms with van der Waals surface area (Å²) >= 11 is 1.56. The molecule has 0 radical (unpaired) electrons. The summed E-state index contributed by atoms with van der Waals surface area (Å²) < 4.78 is 6.48. The van der Waals surface area contributed by atoms with Crippen LogP contribution in [0.15, 0.2) is 47.8 Å². The lowest BCUT2D eigenvalue weighted by molar-refractivity contribution is -0.136. The summed E-state index contributed by atoms with van der Waals surface area (Å²) in [5.41, 5.74) is 2.60. The van der Waals surface area contributed by atoms with Gasteiger partial charge in [0.2, 0.25) is 0 Å². The highest BCUT2D eigenvalue weighted by Gasteiger charge is 2.21. The smallest absolute Gasteiger partial charge is 0.337 e. The second kappa shape index (κ2) is 9.36. The van der Waals surface area contributed by atoms with Crippen LogP contribution in [0.1, 0.15) is 32.7 Å². The maximum atomic E-state index is 12.3. The number of methoxy groups -OCH3 is 1. The fraction of sp³-hybridized carbons (Fsp3) is 0.238. The average molecular weight is 426 g/mol. The van der Waals surface area contributed by atoms with E-state index in [0.29, 0.717) is 11.3 Å². The van der Waals surface area contributed by atoms with Crippen molar-refractivity contribution >= 4 is 34.8 Å². The van der Waals surface area contributed by atoms with Gasteiger partial charge in [0.15, 0.2) is 0 Å². The van der Waals surface area contributed by atoms with Crippen LogP contribution >= 0.6 is 11.3 Å². The van der Waals surface area contributed by atoms with E-state index in [4.69, 9.17) is 0 Å². The SMILES string of the molecule is COC(=O)c1ccc(NC(=O)C(=O)NCC(c2cccs2)n2nc(C)cc2C)cc1. The molecule has 1 aromatic carbocycles. The Labute approximate surface area is 177 Å². The number of aromatic nitrogens is 2. The number of carbonyl (C=O) groups excluding carboxylic acids is 3. The van der Waals surface area contributed by atoms with E-state index in [1.165, 1.54) is 31.4 Å². The normalized spacial score (nSPS) is 11.6. The molecule has 2 aromatic heterocycles. The summed E-state index contributed by atoms with van der Waals surface area (Å²) in [7, 11) is 1.29. The quantitative estimate of drug-likeness (QED) is 0.466. The van der Waals surface area contributed by atoms with Crippen LogP contribution in [0.25, 0.3) is 0 Å². The van der Waals surface area contributed by atoms with Crippen LogP contribution in [0.3, 0.4) is 0 Å². The summed E-state index contributed by atoms with van der Waals surface area (Å²) in [6, 6.07) is 11.7. The highest BCUT2D eigenvalue weighted by molar-refractivity contribution is 7.10. The van der Waals surface area contributed by atoms with Gasteiger partial charge in [-0.05, 0) is 55.6 Å². The molecular weight excluding hydrogens is 404 g/mol. The van der Waals surface area contributed by atoms with Gasteiger partial charge in [-0.3, -0.25) is 14.3 Å². The van der Waals surface area contributed by atoms with Crippen molar-refractivity contribution in [1.29, 1.82) is 0 Å². The molecule has 1 atom stereocenters. The minimum Gasteiger partial charge on any atom is -0.465 e. The second-order valence-corrected chi connectivity index (χ2v) is 7.62. The molecular formula is C21H22N4O4S. The van der Waals surface area contributed by atoms with Gasteiger partial charge in [0.1, 0.15) is 6.04 Å². The predicted octanol–water partition coefficient (Wildman–Crippen LogP) is 2.69. The number of benzene rings is 1. The van der Waals surface area contributed by atoms with Crippen molar-refractivity contribution in [2.75, 3.05) is 19.0 Å². The van der Waals surface area contributed by atoms with Crippen molar-refractivity contribution in [3.05, 3.63) is 69.7 Å². The Bertz CT molecular complexity index is 1040. The van der Waals surface area contributed by atoms with Crippen LogP contribution in [0.2, 0.25) is 0 Å². The molecule has 3 aromatic rings. The highest BCUT2D eigenvalue weighted by Crippen LogP contribution is 2.24. The Morgan fingerprint density at radius 1 is 1.13 bits per heavy atom. The Morgan fingerprint density at radius 2 is 1.87 bits per heavy atom. The molecule has 9 heteroatoms. The fourth-order valence-corrected chi connectivity index (χ4v) is 3.83. The van der Waals surface area contributed by atoms with E-state index >= 15 is 0 Å². The molecule has 0 spiro atoms. The van der Waals surface area contributed by atoms with Crippen LogP contribution in [-0.2, 0) is 14.3 Å². The first kappa shape index (κ1) is 21.3. The monoisotopic (exact) mass is 426 g/mol. The summed E-state index contributed by atoms with van der Waals surface area (Å²) in [5, 5.41) is 11.7. The van der Waals surface area contributed by atoms with Gasteiger partial charge in [-0.1, -0.05) is 6.07 Å². The average Bonchev–Trinajstić information content (AvgIpc) is 3.38. The molecule has 0 aliphatic heterocycles. The number of thiophene rings is 1. The molecule has 156 valence electrons. The molecule has 0 aliphatic rings. The Morgan fingerprint density at radius 3 is 2.43 bits per heavy atom. The maximum Gasteiger partial charge on any atom is 0.337 e. The molecule has 0 aliphatic carbocycles. The van der Waals surface area contributed by atoms with E-state index in [9.17, 15) is 14.4 Å². The third kappa shape index (κ3) is 4.93. The van der Waals surface area contributed by atoms with E-state index in [0.717, 1.165) is 16.3 Å². The number of aryl methyl sites for hydroxylation is 2. The van der Waals surface area contributed by atoms with E-state index in [1.807, 2.05) is 42.1 Å². The Balaban J connectivity index is 1.64. The van der Waals surface area contributed by atoms with E-state index in [1.54, 1.807) is 11.3 Å². The first-order valence-electron chi connectivity index (χ1n) is 9.22. The zero-order valence-corrected chi connectivity index (χ0v) is 17.7. The molecule has 0 bridgehead atoms. The number of carbonyl (C=O) groups is 3. The standard InChI is InChI=1S/C21H22N4O4S/c1-13-11-14(2)25(24-13)17(18-5-4-10-30-18)12-22-19(26)20(27)23-16-8-6-15(7-9-16)21(28)29-3/h4-11,17H,12H2,1-3H3,(H,22,26)(H,23,27). The zero-order valence-electron chi connectivity index (χ0n) is 16.8. The molecule has 3 rings (SSSR count). The van der Waals surface area contributed by atoms with Gasteiger partial charge in [0.05, 0.1) is 18.4 Å². The second-order valence-electron chi connectivity index (χ2n) is 6.64. The van der Waals surface area contributed by atoms with Gasteiger partial charge in [0, 0.05) is 22.8 Å². The number of anilines is 1. The third-order valence-corrected chi connectivity index (χ3v) is 5.41. The molecule has 2 heterocycles. The number of hydrogen-bond acceptors (Lipinski definition) is 6. The number of amides is 2. The summed E-state index contributed by atoms with van der Waals surface area (Å²) in [4.78, 5) is 37.1. The van der Waals surface area contributed by atoms with Crippen LogP contribution in [0.5, 0.6) is 0 Å². The zero-order chi connectivity index (χ0) is 21.7. The van der Waals surface area contributed by atoms with E-state index < -0.39 is 17.8 Å². The van der Waals surface area contributed by atoms with Gasteiger partial charge in [-0.15, -0.1) is 11.3 Å². The molecule has 8 nitrogen and oxygen atoms in total. The lowest BCUT2D eigenvalue weighted by atomic mass is 10.2. The molecule has 1 unspecified atom stereocenters. The highest BCUT2D eigenvalue weighted by atomic mass is 32.1. The number of nitrogens with one attached hydrogen (secondary N) is 2. The fourth-order valence-electron chi connectivity index (χ4n) is 3.02. The van der Waals surface area contributed by atoms with Crippen LogP contribution in [-0.4, -0.2) is 41.2 Å². The molecule has 0 saturated carbocycles. The van der Waals surface area contributed by atoms with Crippen molar-refractivity contribution in [3.8, 4) is 0 Å². The van der Waals surface area contributed by atoms with Crippen molar-refractivity contribution in [2.45, 2.75) is 19.9 Å². The van der Waals surface area contributed by atoms with Gasteiger partial charge in [-0.25, -0.2) is 4.79 Å². The number of ether oxygens (including phenoxy) is 1.